The van der Waals surface area contributed by atoms with Crippen molar-refractivity contribution < 1.29 is 13.2 Å². The number of nitrogens with zero attached hydrogens (tertiary/aromatic N) is 5. The van der Waals surface area contributed by atoms with E-state index in [2.05, 4.69) is 4.98 Å². The Bertz CT molecular complexity index is 1470. The van der Waals surface area contributed by atoms with E-state index in [0.29, 0.717) is 56.0 Å². The summed E-state index contributed by atoms with van der Waals surface area (Å²) in [4.78, 5) is 30.0. The Morgan fingerprint density at radius 3 is 2.23 bits per heavy atom. The quantitative estimate of drug-likeness (QED) is 0.489. The van der Waals surface area contributed by atoms with Crippen molar-refractivity contribution in [3.05, 3.63) is 56.5 Å². The molecule has 1 aliphatic heterocycles. The van der Waals surface area contributed by atoms with Crippen LogP contribution in [0, 0.1) is 0 Å². The second-order valence-electron chi connectivity index (χ2n) is 8.66. The Morgan fingerprint density at radius 2 is 1.66 bits per heavy atom. The molecule has 0 unspecified atom stereocenters. The highest BCUT2D eigenvalue weighted by Crippen LogP contribution is 2.21. The van der Waals surface area contributed by atoms with E-state index in [-0.39, 0.29) is 17.4 Å². The zero-order valence-corrected chi connectivity index (χ0v) is 21.3. The number of hydrogen-bond acceptors (Lipinski definition) is 6. The zero-order valence-electron chi connectivity index (χ0n) is 20.5. The van der Waals surface area contributed by atoms with Gasteiger partial charge in [0.2, 0.25) is 10.0 Å². The van der Waals surface area contributed by atoms with Crippen molar-refractivity contribution in [2.75, 3.05) is 19.3 Å². The van der Waals surface area contributed by atoms with Crippen molar-refractivity contribution in [3.63, 3.8) is 0 Å². The maximum absolute atomic E-state index is 12.8. The first-order valence-corrected chi connectivity index (χ1v) is 13.6. The fraction of sp³-hybridized carbons (Fsp3) is 0.458. The molecular formula is C24H31N5O5S. The molecule has 2 aromatic heterocycles. The molecule has 188 valence electrons. The van der Waals surface area contributed by atoms with Gasteiger partial charge in [0.1, 0.15) is 17.7 Å². The minimum absolute atomic E-state index is 0.0160. The summed E-state index contributed by atoms with van der Waals surface area (Å²) >= 11 is 0. The molecule has 11 heteroatoms. The number of aromatic nitrogens is 4. The lowest BCUT2D eigenvalue weighted by Crippen LogP contribution is -2.41. The van der Waals surface area contributed by atoms with E-state index >= 15 is 0 Å². The minimum Gasteiger partial charge on any atom is -0.490 e. The van der Waals surface area contributed by atoms with Crippen molar-refractivity contribution in [2.24, 2.45) is 7.05 Å². The molecule has 0 radical (unpaired) electrons. The number of ether oxygens (including phenoxy) is 1. The first kappa shape index (κ1) is 24.9. The van der Waals surface area contributed by atoms with Gasteiger partial charge in [0, 0.05) is 33.2 Å². The van der Waals surface area contributed by atoms with Gasteiger partial charge in [-0.25, -0.2) is 22.5 Å². The van der Waals surface area contributed by atoms with Crippen LogP contribution in [0.2, 0.25) is 0 Å². The third-order valence-electron chi connectivity index (χ3n) is 6.39. The van der Waals surface area contributed by atoms with Gasteiger partial charge in [-0.15, -0.1) is 0 Å². The zero-order chi connectivity index (χ0) is 25.3. The Morgan fingerprint density at radius 1 is 1.03 bits per heavy atom. The average Bonchev–Trinajstić information content (AvgIpc) is 3.15. The van der Waals surface area contributed by atoms with Crippen LogP contribution < -0.4 is 16.0 Å². The van der Waals surface area contributed by atoms with Crippen molar-refractivity contribution in [1.29, 1.82) is 0 Å². The molecule has 35 heavy (non-hydrogen) atoms. The molecule has 0 aliphatic carbocycles. The van der Waals surface area contributed by atoms with Crippen LogP contribution in [0.15, 0.2) is 33.9 Å². The molecule has 0 amide bonds. The number of aryl methyl sites for hydroxylation is 2. The van der Waals surface area contributed by atoms with Crippen molar-refractivity contribution in [2.45, 2.75) is 45.9 Å². The van der Waals surface area contributed by atoms with E-state index in [1.54, 1.807) is 18.5 Å². The first-order valence-electron chi connectivity index (χ1n) is 11.7. The van der Waals surface area contributed by atoms with Crippen molar-refractivity contribution in [3.8, 4) is 5.75 Å². The first-order chi connectivity index (χ1) is 16.6. The monoisotopic (exact) mass is 501 g/mol. The minimum atomic E-state index is -3.15. The topological polar surface area (TPSA) is 108 Å². The fourth-order valence-electron chi connectivity index (χ4n) is 4.39. The number of piperidine rings is 1. The lowest BCUT2D eigenvalue weighted by molar-refractivity contribution is 0.135. The highest BCUT2D eigenvalue weighted by atomic mass is 32.2. The predicted octanol–water partition coefficient (Wildman–Crippen LogP) is 1.91. The van der Waals surface area contributed by atoms with Crippen LogP contribution in [-0.4, -0.2) is 56.9 Å². The van der Waals surface area contributed by atoms with Gasteiger partial charge >= 0.3 is 5.69 Å². The molecule has 0 N–H and O–H groups in total. The van der Waals surface area contributed by atoms with Crippen LogP contribution in [0.1, 0.15) is 38.1 Å². The van der Waals surface area contributed by atoms with E-state index in [4.69, 9.17) is 4.74 Å². The van der Waals surface area contributed by atoms with Gasteiger partial charge in [-0.3, -0.25) is 13.9 Å². The standard InChI is InChI=1S/C24H31N5O5S/c1-5-28-22-21(23(30)29(6-2)24(28)31)26(3)20(25-22)12-9-17-7-10-18(11-8-17)34-19-13-15-27(16-14-19)35(4,32)33/h7-12,19H,5-6,13-16H2,1-4H3/b12-9+. The number of sulfonamides is 1. The van der Waals surface area contributed by atoms with Crippen LogP contribution in [0.25, 0.3) is 23.3 Å². The largest absolute Gasteiger partial charge is 0.490 e. The van der Waals surface area contributed by atoms with Crippen LogP contribution in [0.4, 0.5) is 0 Å². The van der Waals surface area contributed by atoms with E-state index in [9.17, 15) is 18.0 Å². The second-order valence-corrected chi connectivity index (χ2v) is 10.6. The predicted molar refractivity (Wildman–Crippen MR) is 136 cm³/mol. The third kappa shape index (κ3) is 4.96. The molecule has 1 aromatic carbocycles. The third-order valence-corrected chi connectivity index (χ3v) is 7.69. The van der Waals surface area contributed by atoms with Crippen molar-refractivity contribution >= 4 is 33.3 Å². The smallest absolute Gasteiger partial charge is 0.332 e. The summed E-state index contributed by atoms with van der Waals surface area (Å²) in [6.45, 7) is 5.29. The Labute approximate surface area is 204 Å². The molecule has 1 saturated heterocycles. The molecule has 1 fully saturated rings. The molecule has 0 saturated carbocycles. The number of fused-ring (bicyclic) bond motifs is 1. The number of imidazole rings is 1. The molecule has 1 aliphatic rings. The Balaban J connectivity index is 1.50. The Hall–Kier alpha value is -3.18. The lowest BCUT2D eigenvalue weighted by atomic mass is 10.1. The number of rotatable bonds is 7. The van der Waals surface area contributed by atoms with E-state index < -0.39 is 10.0 Å². The average molecular weight is 502 g/mol. The molecule has 0 bridgehead atoms. The van der Waals surface area contributed by atoms with Crippen molar-refractivity contribution in [1.82, 2.24) is 23.0 Å². The number of hydrogen-bond donors (Lipinski definition) is 0. The summed E-state index contributed by atoms with van der Waals surface area (Å²) in [6.07, 6.45) is 6.24. The van der Waals surface area contributed by atoms with Gasteiger partial charge in [0.25, 0.3) is 5.56 Å². The van der Waals surface area contributed by atoms with Crippen LogP contribution >= 0.6 is 0 Å². The van der Waals surface area contributed by atoms with Gasteiger partial charge in [0.05, 0.1) is 6.26 Å². The molecule has 10 nitrogen and oxygen atoms in total. The van der Waals surface area contributed by atoms with E-state index in [1.807, 2.05) is 43.3 Å². The van der Waals surface area contributed by atoms with Crippen LogP contribution in [0.3, 0.4) is 0 Å². The highest BCUT2D eigenvalue weighted by Gasteiger charge is 2.25. The summed E-state index contributed by atoms with van der Waals surface area (Å²) in [5.74, 6) is 1.31. The molecule has 3 heterocycles. The van der Waals surface area contributed by atoms with E-state index in [1.165, 1.54) is 19.7 Å². The molecule has 3 aromatic rings. The van der Waals surface area contributed by atoms with E-state index in [0.717, 1.165) is 11.3 Å². The fourth-order valence-corrected chi connectivity index (χ4v) is 5.27. The second kappa shape index (κ2) is 9.82. The summed E-state index contributed by atoms with van der Waals surface area (Å²) in [5.41, 5.74) is 1.03. The molecule has 0 atom stereocenters. The Kier molecular flexibility index (Phi) is 7.00. The summed E-state index contributed by atoms with van der Waals surface area (Å²) in [7, 11) is -1.38. The van der Waals surface area contributed by atoms with Crippen LogP contribution in [-0.2, 0) is 30.2 Å². The summed E-state index contributed by atoms with van der Waals surface area (Å²) < 4.78 is 35.3. The van der Waals surface area contributed by atoms with Gasteiger partial charge < -0.3 is 9.30 Å². The summed E-state index contributed by atoms with van der Waals surface area (Å²) in [6, 6.07) is 7.61. The van der Waals surface area contributed by atoms with Gasteiger partial charge in [-0.1, -0.05) is 18.2 Å². The van der Waals surface area contributed by atoms with Gasteiger partial charge in [-0.2, -0.15) is 0 Å². The highest BCUT2D eigenvalue weighted by molar-refractivity contribution is 7.88. The maximum Gasteiger partial charge on any atom is 0.332 e. The normalized spacial score (nSPS) is 15.9. The molecular weight excluding hydrogens is 470 g/mol. The SMILES string of the molecule is CCn1c(=O)c2c(nc(/C=C/c3ccc(OC4CCN(S(C)(=O)=O)CC4)cc3)n2C)n(CC)c1=O. The lowest BCUT2D eigenvalue weighted by Gasteiger charge is -2.30. The summed E-state index contributed by atoms with van der Waals surface area (Å²) in [5, 5.41) is 0. The van der Waals surface area contributed by atoms with Gasteiger partial charge in [0.15, 0.2) is 11.2 Å². The number of benzene rings is 1. The van der Waals surface area contributed by atoms with Gasteiger partial charge in [-0.05, 0) is 50.5 Å². The molecule has 0 spiro atoms. The molecule has 4 rings (SSSR count). The van der Waals surface area contributed by atoms with Crippen LogP contribution in [0.5, 0.6) is 5.75 Å². The maximum atomic E-state index is 12.8.